The molecule has 1 aliphatic heterocycles. The van der Waals surface area contributed by atoms with E-state index in [4.69, 9.17) is 4.74 Å². The molecule has 0 radical (unpaired) electrons. The molecule has 1 aromatic heterocycles. The van der Waals surface area contributed by atoms with E-state index in [0.29, 0.717) is 0 Å². The Hall–Kier alpha value is -1.36. The molecule has 1 aliphatic rings. The third-order valence-electron chi connectivity index (χ3n) is 3.63. The van der Waals surface area contributed by atoms with Crippen molar-refractivity contribution in [2.24, 2.45) is 5.92 Å². The average molecular weight is 251 g/mol. The van der Waals surface area contributed by atoms with Crippen LogP contribution in [0.3, 0.4) is 0 Å². The molecule has 1 saturated heterocycles. The first-order valence-electron chi connectivity index (χ1n) is 6.54. The van der Waals surface area contributed by atoms with Crippen molar-refractivity contribution in [1.29, 1.82) is 0 Å². The van der Waals surface area contributed by atoms with Crippen LogP contribution in [0.15, 0.2) is 12.4 Å². The minimum atomic E-state index is -0.0651. The van der Waals surface area contributed by atoms with E-state index in [9.17, 15) is 4.79 Å². The maximum Gasteiger partial charge on any atom is 0.308 e. The fourth-order valence-electron chi connectivity index (χ4n) is 2.47. The summed E-state index contributed by atoms with van der Waals surface area (Å²) in [6.07, 6.45) is 5.63. The summed E-state index contributed by atoms with van der Waals surface area (Å²) >= 11 is 0. The highest BCUT2D eigenvalue weighted by molar-refractivity contribution is 5.72. The molecule has 0 bridgehead atoms. The zero-order valence-electron chi connectivity index (χ0n) is 11.1. The van der Waals surface area contributed by atoms with Gasteiger partial charge in [0.2, 0.25) is 0 Å². The predicted molar refractivity (Wildman–Crippen MR) is 67.9 cm³/mol. The van der Waals surface area contributed by atoms with Gasteiger partial charge in [0.05, 0.1) is 19.6 Å². The largest absolute Gasteiger partial charge is 0.469 e. The van der Waals surface area contributed by atoms with Gasteiger partial charge in [-0.3, -0.25) is 9.69 Å². The third-order valence-corrected chi connectivity index (χ3v) is 3.63. The fraction of sp³-hybridized carbons (Fsp3) is 0.692. The maximum atomic E-state index is 11.4. The number of nitrogens with zero attached hydrogens (tertiary/aromatic N) is 3. The lowest BCUT2D eigenvalue weighted by atomic mass is 9.97. The molecule has 0 unspecified atom stereocenters. The van der Waals surface area contributed by atoms with Crippen LogP contribution in [-0.2, 0) is 22.6 Å². The van der Waals surface area contributed by atoms with Gasteiger partial charge in [0.25, 0.3) is 0 Å². The van der Waals surface area contributed by atoms with Gasteiger partial charge in [-0.2, -0.15) is 0 Å². The molecule has 2 heterocycles. The van der Waals surface area contributed by atoms with E-state index in [0.717, 1.165) is 44.8 Å². The lowest BCUT2D eigenvalue weighted by Gasteiger charge is -2.30. The topological polar surface area (TPSA) is 47.4 Å². The van der Waals surface area contributed by atoms with Gasteiger partial charge in [-0.05, 0) is 32.9 Å². The van der Waals surface area contributed by atoms with E-state index in [1.165, 1.54) is 7.11 Å². The van der Waals surface area contributed by atoms with Crippen molar-refractivity contribution in [3.63, 3.8) is 0 Å². The fourth-order valence-corrected chi connectivity index (χ4v) is 2.47. The molecule has 0 aliphatic carbocycles. The van der Waals surface area contributed by atoms with Gasteiger partial charge in [0.1, 0.15) is 5.82 Å². The smallest absolute Gasteiger partial charge is 0.308 e. The predicted octanol–water partition coefficient (Wildman–Crippen LogP) is 1.29. The number of carbonyl (C=O) groups is 1. The van der Waals surface area contributed by atoms with Crippen molar-refractivity contribution >= 4 is 5.97 Å². The van der Waals surface area contributed by atoms with Crippen molar-refractivity contribution in [1.82, 2.24) is 14.5 Å². The van der Waals surface area contributed by atoms with Gasteiger partial charge in [-0.1, -0.05) is 0 Å². The summed E-state index contributed by atoms with van der Waals surface area (Å²) in [4.78, 5) is 18.2. The Labute approximate surface area is 108 Å². The van der Waals surface area contributed by atoms with Crippen LogP contribution in [0.4, 0.5) is 0 Å². The summed E-state index contributed by atoms with van der Waals surface area (Å²) in [5, 5.41) is 0. The molecule has 0 aromatic carbocycles. The molecule has 0 spiro atoms. The lowest BCUT2D eigenvalue weighted by molar-refractivity contribution is -0.147. The minimum Gasteiger partial charge on any atom is -0.469 e. The zero-order chi connectivity index (χ0) is 13.0. The number of hydrogen-bond donors (Lipinski definition) is 0. The summed E-state index contributed by atoms with van der Waals surface area (Å²) in [6, 6.07) is 0. The van der Waals surface area contributed by atoms with Crippen LogP contribution in [0, 0.1) is 5.92 Å². The Morgan fingerprint density at radius 3 is 2.83 bits per heavy atom. The Balaban J connectivity index is 1.85. The highest BCUT2D eigenvalue weighted by Crippen LogP contribution is 2.19. The van der Waals surface area contributed by atoms with Crippen LogP contribution in [0.1, 0.15) is 25.6 Å². The highest BCUT2D eigenvalue weighted by atomic mass is 16.5. The average Bonchev–Trinajstić information content (AvgIpc) is 2.86. The lowest BCUT2D eigenvalue weighted by Crippen LogP contribution is -2.36. The first kappa shape index (κ1) is 13.1. The number of carbonyl (C=O) groups excluding carboxylic acids is 1. The van der Waals surface area contributed by atoms with Crippen LogP contribution in [0.5, 0.6) is 0 Å². The number of hydrogen-bond acceptors (Lipinski definition) is 4. The van der Waals surface area contributed by atoms with Gasteiger partial charge in [0.15, 0.2) is 0 Å². The molecule has 1 fully saturated rings. The molecule has 18 heavy (non-hydrogen) atoms. The number of imidazole rings is 1. The summed E-state index contributed by atoms with van der Waals surface area (Å²) in [5.41, 5.74) is 0. The van der Waals surface area contributed by atoms with Crippen molar-refractivity contribution < 1.29 is 9.53 Å². The van der Waals surface area contributed by atoms with Crippen molar-refractivity contribution in [2.45, 2.75) is 32.9 Å². The molecule has 100 valence electrons. The summed E-state index contributed by atoms with van der Waals surface area (Å²) in [7, 11) is 1.47. The highest BCUT2D eigenvalue weighted by Gasteiger charge is 2.25. The van der Waals surface area contributed by atoms with Gasteiger partial charge in [-0.25, -0.2) is 4.98 Å². The van der Waals surface area contributed by atoms with Crippen LogP contribution < -0.4 is 0 Å². The summed E-state index contributed by atoms with van der Waals surface area (Å²) in [5.74, 6) is 1.12. The Bertz CT molecular complexity index is 395. The van der Waals surface area contributed by atoms with Gasteiger partial charge in [-0.15, -0.1) is 0 Å². The van der Waals surface area contributed by atoms with E-state index < -0.39 is 0 Å². The van der Waals surface area contributed by atoms with Crippen molar-refractivity contribution in [2.75, 3.05) is 20.2 Å². The summed E-state index contributed by atoms with van der Waals surface area (Å²) < 4.78 is 6.95. The molecular formula is C13H21N3O2. The number of aromatic nitrogens is 2. The van der Waals surface area contributed by atoms with Gasteiger partial charge < -0.3 is 9.30 Å². The first-order chi connectivity index (χ1) is 8.74. The second-order valence-corrected chi connectivity index (χ2v) is 4.70. The van der Waals surface area contributed by atoms with Crippen LogP contribution >= 0.6 is 0 Å². The molecule has 5 heteroatoms. The Morgan fingerprint density at radius 2 is 2.22 bits per heavy atom. The molecule has 0 saturated carbocycles. The summed E-state index contributed by atoms with van der Waals surface area (Å²) in [6.45, 7) is 5.82. The van der Waals surface area contributed by atoms with Gasteiger partial charge >= 0.3 is 5.97 Å². The standard InChI is InChI=1S/C13H21N3O2/c1-3-16-9-6-14-12(16)10-15-7-4-11(5-8-15)13(17)18-2/h6,9,11H,3-5,7-8,10H2,1-2H3. The molecule has 2 rings (SSSR count). The van der Waals surface area contributed by atoms with E-state index in [-0.39, 0.29) is 11.9 Å². The second-order valence-electron chi connectivity index (χ2n) is 4.70. The normalized spacial score (nSPS) is 17.9. The SMILES string of the molecule is CCn1ccnc1CN1CCC(C(=O)OC)CC1. The molecule has 0 atom stereocenters. The van der Waals surface area contributed by atoms with Crippen molar-refractivity contribution in [3.05, 3.63) is 18.2 Å². The first-order valence-corrected chi connectivity index (χ1v) is 6.54. The minimum absolute atomic E-state index is 0.0651. The number of rotatable bonds is 4. The quantitative estimate of drug-likeness (QED) is 0.757. The van der Waals surface area contributed by atoms with Crippen LogP contribution in [0.25, 0.3) is 0 Å². The number of esters is 1. The molecule has 5 nitrogen and oxygen atoms in total. The number of piperidine rings is 1. The molecule has 0 N–H and O–H groups in total. The maximum absolute atomic E-state index is 11.4. The zero-order valence-corrected chi connectivity index (χ0v) is 11.1. The molecule has 1 aromatic rings. The molecular weight excluding hydrogens is 230 g/mol. The Kier molecular flexibility index (Phi) is 4.36. The third kappa shape index (κ3) is 2.90. The number of methoxy groups -OCH3 is 1. The van der Waals surface area contributed by atoms with E-state index >= 15 is 0 Å². The molecule has 0 amide bonds. The van der Waals surface area contributed by atoms with E-state index in [1.54, 1.807) is 0 Å². The number of aryl methyl sites for hydroxylation is 1. The number of ether oxygens (including phenoxy) is 1. The van der Waals surface area contributed by atoms with Gasteiger partial charge in [0, 0.05) is 18.9 Å². The second kappa shape index (κ2) is 6.00. The van der Waals surface area contributed by atoms with Crippen LogP contribution in [-0.4, -0.2) is 40.6 Å². The Morgan fingerprint density at radius 1 is 1.50 bits per heavy atom. The van der Waals surface area contributed by atoms with E-state index in [1.807, 2.05) is 12.4 Å². The monoisotopic (exact) mass is 251 g/mol. The van der Waals surface area contributed by atoms with Crippen molar-refractivity contribution in [3.8, 4) is 0 Å². The van der Waals surface area contributed by atoms with Crippen LogP contribution in [0.2, 0.25) is 0 Å². The van der Waals surface area contributed by atoms with E-state index in [2.05, 4.69) is 21.4 Å². The number of likely N-dealkylation sites (tertiary alicyclic amines) is 1.